The molecule has 88 valence electrons. The molecule has 0 heterocycles. The Labute approximate surface area is 99.3 Å². The fourth-order valence-electron chi connectivity index (χ4n) is 1.56. The van der Waals surface area contributed by atoms with Crippen molar-refractivity contribution in [3.8, 4) is 11.5 Å². The van der Waals surface area contributed by atoms with Crippen LogP contribution in [-0.2, 0) is 6.61 Å². The molecule has 0 saturated carbocycles. The highest BCUT2D eigenvalue weighted by molar-refractivity contribution is 5.37. The first-order valence-electron chi connectivity index (χ1n) is 5.33. The molecule has 0 spiro atoms. The Balaban J connectivity index is 2.25. The minimum atomic E-state index is -0.392. The molecule has 0 aromatic heterocycles. The zero-order valence-corrected chi connectivity index (χ0v) is 9.48. The largest absolute Gasteiger partial charge is 0.454 e. The molecule has 0 bridgehead atoms. The highest BCUT2D eigenvalue weighted by atomic mass is 19.1. The quantitative estimate of drug-likeness (QED) is 0.878. The van der Waals surface area contributed by atoms with Gasteiger partial charge in [0.25, 0.3) is 0 Å². The van der Waals surface area contributed by atoms with Crippen molar-refractivity contribution in [2.45, 2.75) is 13.5 Å². The molecule has 0 fully saturated rings. The van der Waals surface area contributed by atoms with Crippen LogP contribution in [0, 0.1) is 12.7 Å². The molecule has 0 saturated heterocycles. The lowest BCUT2D eigenvalue weighted by atomic mass is 10.1. The van der Waals surface area contributed by atoms with Crippen LogP contribution >= 0.6 is 0 Å². The summed E-state index contributed by atoms with van der Waals surface area (Å²) in [5, 5.41) is 9.04. The summed E-state index contributed by atoms with van der Waals surface area (Å²) in [7, 11) is 0. The Kier molecular flexibility index (Phi) is 3.40. The van der Waals surface area contributed by atoms with Crippen molar-refractivity contribution in [3.05, 3.63) is 59.4 Å². The molecule has 0 aliphatic heterocycles. The number of ether oxygens (including phenoxy) is 1. The van der Waals surface area contributed by atoms with Gasteiger partial charge in [-0.25, -0.2) is 4.39 Å². The van der Waals surface area contributed by atoms with Crippen LogP contribution in [0.3, 0.4) is 0 Å². The van der Waals surface area contributed by atoms with Gasteiger partial charge in [0, 0.05) is 0 Å². The number of halogens is 1. The van der Waals surface area contributed by atoms with Gasteiger partial charge in [-0.2, -0.15) is 0 Å². The van der Waals surface area contributed by atoms with Crippen LogP contribution < -0.4 is 4.74 Å². The summed E-state index contributed by atoms with van der Waals surface area (Å²) in [5.74, 6) is 0.366. The number of aliphatic hydroxyl groups is 1. The maximum absolute atomic E-state index is 13.4. The zero-order valence-electron chi connectivity index (χ0n) is 9.48. The number of para-hydroxylation sites is 1. The number of hydrogen-bond acceptors (Lipinski definition) is 2. The summed E-state index contributed by atoms with van der Waals surface area (Å²) in [6, 6.07) is 11.5. The van der Waals surface area contributed by atoms with Gasteiger partial charge in [-0.15, -0.1) is 0 Å². The van der Waals surface area contributed by atoms with E-state index in [2.05, 4.69) is 0 Å². The fraction of sp³-hybridized carbons (Fsp3) is 0.143. The third kappa shape index (κ3) is 2.63. The number of hydrogen-bond donors (Lipinski definition) is 1. The summed E-state index contributed by atoms with van der Waals surface area (Å²) in [6.07, 6.45) is 0. The molecule has 0 radical (unpaired) electrons. The van der Waals surface area contributed by atoms with E-state index in [1.54, 1.807) is 36.4 Å². The average molecular weight is 232 g/mol. The Bertz CT molecular complexity index is 523. The molecule has 2 rings (SSSR count). The molecule has 2 aromatic rings. The normalized spacial score (nSPS) is 10.3. The van der Waals surface area contributed by atoms with Gasteiger partial charge < -0.3 is 9.84 Å². The number of rotatable bonds is 3. The number of aryl methyl sites for hydroxylation is 1. The minimum Gasteiger partial charge on any atom is -0.454 e. The van der Waals surface area contributed by atoms with E-state index in [9.17, 15) is 4.39 Å². The second-order valence-corrected chi connectivity index (χ2v) is 3.78. The summed E-state index contributed by atoms with van der Waals surface area (Å²) in [6.45, 7) is 1.87. The lowest BCUT2D eigenvalue weighted by molar-refractivity contribution is 0.281. The standard InChI is InChI=1S/C14H13FO2/c1-10-8-12(7-6-11(10)9-16)17-14-5-3-2-4-13(14)15/h2-8,16H,9H2,1H3. The molecule has 0 amide bonds. The maximum atomic E-state index is 13.4. The monoisotopic (exact) mass is 232 g/mol. The van der Waals surface area contributed by atoms with Crippen LogP contribution in [0.5, 0.6) is 11.5 Å². The van der Waals surface area contributed by atoms with Crippen molar-refractivity contribution < 1.29 is 14.2 Å². The highest BCUT2D eigenvalue weighted by Gasteiger charge is 2.04. The summed E-state index contributed by atoms with van der Waals surface area (Å²) in [5.41, 5.74) is 1.76. The van der Waals surface area contributed by atoms with Gasteiger partial charge in [0.15, 0.2) is 11.6 Å². The summed E-state index contributed by atoms with van der Waals surface area (Å²) < 4.78 is 18.8. The van der Waals surface area contributed by atoms with Crippen molar-refractivity contribution in [2.75, 3.05) is 0 Å². The van der Waals surface area contributed by atoms with Crippen LogP contribution in [0.2, 0.25) is 0 Å². The first kappa shape index (κ1) is 11.6. The average Bonchev–Trinajstić information content (AvgIpc) is 2.32. The van der Waals surface area contributed by atoms with Crippen LogP contribution in [0.25, 0.3) is 0 Å². The molecule has 3 heteroatoms. The van der Waals surface area contributed by atoms with Crippen LogP contribution in [0.4, 0.5) is 4.39 Å². The third-order valence-corrected chi connectivity index (χ3v) is 2.55. The predicted molar refractivity (Wildman–Crippen MR) is 63.6 cm³/mol. The van der Waals surface area contributed by atoms with Crippen molar-refractivity contribution >= 4 is 0 Å². The molecule has 1 N–H and O–H groups in total. The van der Waals surface area contributed by atoms with E-state index in [1.807, 2.05) is 6.92 Å². The van der Waals surface area contributed by atoms with E-state index in [1.165, 1.54) is 6.07 Å². The predicted octanol–water partition coefficient (Wildman–Crippen LogP) is 3.42. The first-order chi connectivity index (χ1) is 8.20. The SMILES string of the molecule is Cc1cc(Oc2ccccc2F)ccc1CO. The van der Waals surface area contributed by atoms with E-state index in [4.69, 9.17) is 9.84 Å². The van der Waals surface area contributed by atoms with Gasteiger partial charge in [0.2, 0.25) is 0 Å². The topological polar surface area (TPSA) is 29.5 Å². The lowest BCUT2D eigenvalue weighted by Crippen LogP contribution is -1.92. The van der Waals surface area contributed by atoms with Gasteiger partial charge in [0.05, 0.1) is 6.61 Å². The molecule has 0 unspecified atom stereocenters. The Morgan fingerprint density at radius 1 is 1.18 bits per heavy atom. The molecule has 0 aliphatic carbocycles. The zero-order chi connectivity index (χ0) is 12.3. The van der Waals surface area contributed by atoms with Crippen molar-refractivity contribution in [1.29, 1.82) is 0 Å². The second kappa shape index (κ2) is 4.97. The van der Waals surface area contributed by atoms with Crippen molar-refractivity contribution in [1.82, 2.24) is 0 Å². The Hall–Kier alpha value is -1.87. The third-order valence-electron chi connectivity index (χ3n) is 2.55. The smallest absolute Gasteiger partial charge is 0.165 e. The summed E-state index contributed by atoms with van der Waals surface area (Å²) >= 11 is 0. The van der Waals surface area contributed by atoms with Crippen molar-refractivity contribution in [2.24, 2.45) is 0 Å². The van der Waals surface area contributed by atoms with Gasteiger partial charge in [-0.3, -0.25) is 0 Å². The highest BCUT2D eigenvalue weighted by Crippen LogP contribution is 2.25. The fourth-order valence-corrected chi connectivity index (χ4v) is 1.56. The van der Waals surface area contributed by atoms with Gasteiger partial charge >= 0.3 is 0 Å². The molecule has 0 atom stereocenters. The molecule has 2 aromatic carbocycles. The molecule has 0 aliphatic rings. The maximum Gasteiger partial charge on any atom is 0.165 e. The van der Waals surface area contributed by atoms with E-state index >= 15 is 0 Å². The second-order valence-electron chi connectivity index (χ2n) is 3.78. The van der Waals surface area contributed by atoms with Crippen LogP contribution in [0.15, 0.2) is 42.5 Å². The minimum absolute atomic E-state index is 0.00812. The number of benzene rings is 2. The molecular formula is C14H13FO2. The first-order valence-corrected chi connectivity index (χ1v) is 5.33. The Morgan fingerprint density at radius 3 is 2.59 bits per heavy atom. The van der Waals surface area contributed by atoms with Gasteiger partial charge in [-0.05, 0) is 42.3 Å². The summed E-state index contributed by atoms with van der Waals surface area (Å²) in [4.78, 5) is 0. The van der Waals surface area contributed by atoms with Crippen molar-refractivity contribution in [3.63, 3.8) is 0 Å². The van der Waals surface area contributed by atoms with Crippen LogP contribution in [-0.4, -0.2) is 5.11 Å². The lowest BCUT2D eigenvalue weighted by Gasteiger charge is -2.09. The van der Waals surface area contributed by atoms with Gasteiger partial charge in [-0.1, -0.05) is 18.2 Å². The Morgan fingerprint density at radius 2 is 1.94 bits per heavy atom. The molecule has 2 nitrogen and oxygen atoms in total. The molecular weight excluding hydrogens is 219 g/mol. The van der Waals surface area contributed by atoms with Crippen LogP contribution in [0.1, 0.15) is 11.1 Å². The number of aliphatic hydroxyl groups excluding tert-OH is 1. The van der Waals surface area contributed by atoms with E-state index in [0.29, 0.717) is 5.75 Å². The van der Waals surface area contributed by atoms with E-state index < -0.39 is 5.82 Å². The van der Waals surface area contributed by atoms with E-state index in [-0.39, 0.29) is 12.4 Å². The van der Waals surface area contributed by atoms with E-state index in [0.717, 1.165) is 11.1 Å². The molecule has 17 heavy (non-hydrogen) atoms. The van der Waals surface area contributed by atoms with Gasteiger partial charge in [0.1, 0.15) is 5.75 Å².